The molecule has 0 unspecified atom stereocenters. The van der Waals surface area contributed by atoms with Gasteiger partial charge in [-0.3, -0.25) is 4.79 Å². The van der Waals surface area contributed by atoms with Gasteiger partial charge in [-0.1, -0.05) is 12.1 Å². The Bertz CT molecular complexity index is 638. The topological polar surface area (TPSA) is 98.4 Å². The summed E-state index contributed by atoms with van der Waals surface area (Å²) in [6, 6.07) is 1.90. The van der Waals surface area contributed by atoms with Crippen molar-refractivity contribution in [2.24, 2.45) is 11.7 Å². The van der Waals surface area contributed by atoms with Crippen molar-refractivity contribution in [3.05, 3.63) is 24.5 Å². The van der Waals surface area contributed by atoms with E-state index in [1.54, 1.807) is 18.6 Å². The van der Waals surface area contributed by atoms with Gasteiger partial charge in [0.1, 0.15) is 6.26 Å². The van der Waals surface area contributed by atoms with Gasteiger partial charge in [-0.25, -0.2) is 0 Å². The number of carbonyl (C=O) groups excluding carboxylic acids is 1. The number of piperidine rings is 1. The third-order valence-electron chi connectivity index (χ3n) is 4.48. The molecule has 1 amide bonds. The van der Waals surface area contributed by atoms with Crippen LogP contribution in [0.1, 0.15) is 32.1 Å². The van der Waals surface area contributed by atoms with E-state index in [-0.39, 0.29) is 11.9 Å². The van der Waals surface area contributed by atoms with Gasteiger partial charge in [0.05, 0.1) is 11.8 Å². The number of aryl methyl sites for hydroxylation is 1. The average Bonchev–Trinajstić information content (AvgIpc) is 3.23. The molecule has 1 saturated heterocycles. The Balaban J connectivity index is 1.58. The SMILES string of the molecule is C[C@H]1CCCN(C(=O)CCc2nc(-c3ccoc3)no2)[C@H]1CN. The Morgan fingerprint density at radius 2 is 2.39 bits per heavy atom. The van der Waals surface area contributed by atoms with E-state index in [0.717, 1.165) is 24.9 Å². The normalized spacial score (nSPS) is 21.6. The second-order valence-electron chi connectivity index (χ2n) is 6.03. The molecule has 23 heavy (non-hydrogen) atoms. The maximum Gasteiger partial charge on any atom is 0.227 e. The van der Waals surface area contributed by atoms with Crippen LogP contribution in [0.25, 0.3) is 11.4 Å². The first-order valence-electron chi connectivity index (χ1n) is 8.03. The second-order valence-corrected chi connectivity index (χ2v) is 6.03. The fraction of sp³-hybridized carbons (Fsp3) is 0.562. The van der Waals surface area contributed by atoms with Crippen molar-refractivity contribution < 1.29 is 13.7 Å². The quantitative estimate of drug-likeness (QED) is 0.903. The van der Waals surface area contributed by atoms with Crippen LogP contribution in [0.4, 0.5) is 0 Å². The summed E-state index contributed by atoms with van der Waals surface area (Å²) < 4.78 is 10.2. The highest BCUT2D eigenvalue weighted by Crippen LogP contribution is 2.23. The molecule has 2 N–H and O–H groups in total. The molecule has 7 nitrogen and oxygen atoms in total. The van der Waals surface area contributed by atoms with Gasteiger partial charge in [-0.05, 0) is 24.8 Å². The number of nitrogens with zero attached hydrogens (tertiary/aromatic N) is 3. The molecule has 1 aliphatic heterocycles. The van der Waals surface area contributed by atoms with E-state index >= 15 is 0 Å². The number of rotatable bonds is 5. The fourth-order valence-electron chi connectivity index (χ4n) is 3.14. The molecular weight excluding hydrogens is 296 g/mol. The smallest absolute Gasteiger partial charge is 0.227 e. The largest absolute Gasteiger partial charge is 0.472 e. The molecule has 2 aromatic heterocycles. The molecular formula is C16H22N4O3. The fourth-order valence-corrected chi connectivity index (χ4v) is 3.14. The van der Waals surface area contributed by atoms with Crippen molar-refractivity contribution in [1.82, 2.24) is 15.0 Å². The highest BCUT2D eigenvalue weighted by Gasteiger charge is 2.30. The predicted molar refractivity (Wildman–Crippen MR) is 83.3 cm³/mol. The molecule has 0 saturated carbocycles. The molecule has 0 spiro atoms. The first kappa shape index (κ1) is 15.7. The van der Waals surface area contributed by atoms with E-state index in [0.29, 0.717) is 37.0 Å². The van der Waals surface area contributed by atoms with E-state index in [1.165, 1.54) is 0 Å². The Kier molecular flexibility index (Phi) is 4.76. The molecule has 0 aliphatic carbocycles. The van der Waals surface area contributed by atoms with E-state index in [4.69, 9.17) is 14.7 Å². The van der Waals surface area contributed by atoms with Crippen LogP contribution in [0.2, 0.25) is 0 Å². The lowest BCUT2D eigenvalue weighted by Gasteiger charge is -2.39. The number of carbonyl (C=O) groups is 1. The lowest BCUT2D eigenvalue weighted by Crippen LogP contribution is -2.51. The molecule has 1 aliphatic rings. The van der Waals surface area contributed by atoms with Gasteiger partial charge < -0.3 is 19.6 Å². The molecule has 0 bridgehead atoms. The molecule has 3 heterocycles. The van der Waals surface area contributed by atoms with Crippen LogP contribution < -0.4 is 5.73 Å². The van der Waals surface area contributed by atoms with Crippen LogP contribution in [-0.2, 0) is 11.2 Å². The van der Waals surface area contributed by atoms with Crippen molar-refractivity contribution >= 4 is 5.91 Å². The van der Waals surface area contributed by atoms with Crippen molar-refractivity contribution in [2.45, 2.75) is 38.6 Å². The Morgan fingerprint density at radius 3 is 3.13 bits per heavy atom. The summed E-state index contributed by atoms with van der Waals surface area (Å²) in [6.07, 6.45) is 6.07. The standard InChI is InChI=1S/C16H22N4O3/c1-11-3-2-7-20(13(11)9-17)15(21)5-4-14-18-16(19-23-14)12-6-8-22-10-12/h6,8,10-11,13H,2-5,7,9,17H2,1H3/t11-,13-/m0/s1. The Morgan fingerprint density at radius 1 is 1.52 bits per heavy atom. The van der Waals surface area contributed by atoms with Gasteiger partial charge in [-0.2, -0.15) is 4.98 Å². The minimum Gasteiger partial charge on any atom is -0.472 e. The van der Waals surface area contributed by atoms with Gasteiger partial charge in [0.15, 0.2) is 0 Å². The molecule has 0 aromatic carbocycles. The van der Waals surface area contributed by atoms with Crippen molar-refractivity contribution in [3.63, 3.8) is 0 Å². The minimum atomic E-state index is 0.107. The van der Waals surface area contributed by atoms with E-state index in [9.17, 15) is 4.79 Å². The van der Waals surface area contributed by atoms with Gasteiger partial charge >= 0.3 is 0 Å². The summed E-state index contributed by atoms with van der Waals surface area (Å²) in [5.41, 5.74) is 6.61. The lowest BCUT2D eigenvalue weighted by atomic mass is 9.90. The van der Waals surface area contributed by atoms with Crippen LogP contribution in [0.5, 0.6) is 0 Å². The zero-order valence-electron chi connectivity index (χ0n) is 13.3. The number of nitrogens with two attached hydrogens (primary N) is 1. The van der Waals surface area contributed by atoms with Crippen LogP contribution >= 0.6 is 0 Å². The zero-order valence-corrected chi connectivity index (χ0v) is 13.3. The first-order valence-corrected chi connectivity index (χ1v) is 8.03. The lowest BCUT2D eigenvalue weighted by molar-refractivity contribution is -0.136. The number of likely N-dealkylation sites (tertiary alicyclic amines) is 1. The summed E-state index contributed by atoms with van der Waals surface area (Å²) in [4.78, 5) is 18.7. The summed E-state index contributed by atoms with van der Waals surface area (Å²) in [5.74, 6) is 1.50. The summed E-state index contributed by atoms with van der Waals surface area (Å²) in [6.45, 7) is 3.46. The van der Waals surface area contributed by atoms with E-state index in [1.807, 2.05) is 4.90 Å². The first-order chi connectivity index (χ1) is 11.2. The van der Waals surface area contributed by atoms with E-state index < -0.39 is 0 Å². The predicted octanol–water partition coefficient (Wildman–Crippen LogP) is 1.85. The second kappa shape index (κ2) is 6.95. The Labute approximate surface area is 134 Å². The number of furan rings is 1. The van der Waals surface area contributed by atoms with Crippen molar-refractivity contribution in [2.75, 3.05) is 13.1 Å². The van der Waals surface area contributed by atoms with Crippen LogP contribution in [-0.4, -0.2) is 40.1 Å². The Hall–Kier alpha value is -2.15. The molecule has 124 valence electrons. The van der Waals surface area contributed by atoms with Crippen molar-refractivity contribution in [1.29, 1.82) is 0 Å². The number of aromatic nitrogens is 2. The van der Waals surface area contributed by atoms with Crippen molar-refractivity contribution in [3.8, 4) is 11.4 Å². The van der Waals surface area contributed by atoms with Gasteiger partial charge in [0.2, 0.25) is 17.6 Å². The monoisotopic (exact) mass is 318 g/mol. The summed E-state index contributed by atoms with van der Waals surface area (Å²) >= 11 is 0. The minimum absolute atomic E-state index is 0.107. The molecule has 0 radical (unpaired) electrons. The third kappa shape index (κ3) is 3.44. The van der Waals surface area contributed by atoms with Gasteiger partial charge in [0, 0.05) is 32.0 Å². The highest BCUT2D eigenvalue weighted by molar-refractivity contribution is 5.76. The molecule has 3 rings (SSSR count). The summed E-state index contributed by atoms with van der Waals surface area (Å²) in [5, 5.41) is 3.90. The van der Waals surface area contributed by atoms with Crippen LogP contribution in [0.15, 0.2) is 27.5 Å². The highest BCUT2D eigenvalue weighted by atomic mass is 16.5. The number of amides is 1. The van der Waals surface area contributed by atoms with Gasteiger partial charge in [-0.15, -0.1) is 0 Å². The third-order valence-corrected chi connectivity index (χ3v) is 4.48. The van der Waals surface area contributed by atoms with Crippen LogP contribution in [0, 0.1) is 5.92 Å². The molecule has 7 heteroatoms. The van der Waals surface area contributed by atoms with Gasteiger partial charge in [0.25, 0.3) is 0 Å². The van der Waals surface area contributed by atoms with E-state index in [2.05, 4.69) is 17.1 Å². The molecule has 2 aromatic rings. The summed E-state index contributed by atoms with van der Waals surface area (Å²) in [7, 11) is 0. The molecule has 1 fully saturated rings. The number of hydrogen-bond donors (Lipinski definition) is 1. The maximum atomic E-state index is 12.5. The maximum absolute atomic E-state index is 12.5. The molecule has 2 atom stereocenters. The zero-order chi connectivity index (χ0) is 16.2. The van der Waals surface area contributed by atoms with Crippen LogP contribution in [0.3, 0.4) is 0 Å². The average molecular weight is 318 g/mol. The number of hydrogen-bond acceptors (Lipinski definition) is 6.